The number of fused-ring (bicyclic) bond motifs is 2. The van der Waals surface area contributed by atoms with E-state index in [-0.39, 0.29) is 16.4 Å². The fourth-order valence-corrected chi connectivity index (χ4v) is 5.67. The second kappa shape index (κ2) is 8.51. The SMILES string of the molecule is CCNCCOc1cc(NS(=O)(=O)c2ccccc2OC)cc2c1CC(=O)C21CCC1. The number of carbonyl (C=O) groups is 1. The first-order valence-electron chi connectivity index (χ1n) is 10.6. The number of para-hydroxylation sites is 1. The zero-order valence-electron chi connectivity index (χ0n) is 17.9. The molecule has 2 aliphatic carbocycles. The molecular weight excluding hydrogens is 416 g/mol. The molecule has 1 fully saturated rings. The Morgan fingerprint density at radius 2 is 1.90 bits per heavy atom. The molecule has 0 aliphatic heterocycles. The number of ether oxygens (including phenoxy) is 2. The summed E-state index contributed by atoms with van der Waals surface area (Å²) < 4.78 is 40.1. The molecular formula is C23H28N2O5S. The summed E-state index contributed by atoms with van der Waals surface area (Å²) >= 11 is 0. The van der Waals surface area contributed by atoms with Crippen LogP contribution >= 0.6 is 0 Å². The first-order valence-corrected chi connectivity index (χ1v) is 12.1. The Labute approximate surface area is 183 Å². The highest BCUT2D eigenvalue weighted by atomic mass is 32.2. The Bertz CT molecular complexity index is 1090. The van der Waals surface area contributed by atoms with Crippen molar-refractivity contribution < 1.29 is 22.7 Å². The quantitative estimate of drug-likeness (QED) is 0.578. The number of carbonyl (C=O) groups excluding carboxylic acids is 1. The van der Waals surface area contributed by atoms with Gasteiger partial charge in [-0.05, 0) is 43.1 Å². The summed E-state index contributed by atoms with van der Waals surface area (Å²) in [6.45, 7) is 3.96. The highest BCUT2D eigenvalue weighted by Crippen LogP contribution is 2.53. The fourth-order valence-electron chi connectivity index (χ4n) is 4.46. The largest absolute Gasteiger partial charge is 0.495 e. The molecule has 2 N–H and O–H groups in total. The molecule has 0 saturated heterocycles. The molecule has 1 spiro atoms. The van der Waals surface area contributed by atoms with Crippen LogP contribution < -0.4 is 19.5 Å². The molecule has 0 heterocycles. The first-order chi connectivity index (χ1) is 14.9. The van der Waals surface area contributed by atoms with Gasteiger partial charge in [-0.2, -0.15) is 0 Å². The number of ketones is 1. The number of benzene rings is 2. The van der Waals surface area contributed by atoms with Crippen LogP contribution in [0.15, 0.2) is 41.3 Å². The molecule has 0 amide bonds. The highest BCUT2D eigenvalue weighted by Gasteiger charge is 2.51. The topological polar surface area (TPSA) is 93.7 Å². The van der Waals surface area contributed by atoms with Crippen LogP contribution in [0.3, 0.4) is 0 Å². The summed E-state index contributed by atoms with van der Waals surface area (Å²) in [5.74, 6) is 1.05. The van der Waals surface area contributed by atoms with Gasteiger partial charge in [0.2, 0.25) is 0 Å². The Kier molecular flexibility index (Phi) is 5.94. The lowest BCUT2D eigenvalue weighted by molar-refractivity contribution is -0.125. The van der Waals surface area contributed by atoms with Gasteiger partial charge in [-0.1, -0.05) is 25.5 Å². The van der Waals surface area contributed by atoms with Crippen molar-refractivity contribution in [1.82, 2.24) is 5.32 Å². The van der Waals surface area contributed by atoms with E-state index in [2.05, 4.69) is 10.0 Å². The Balaban J connectivity index is 1.70. The summed E-state index contributed by atoms with van der Waals surface area (Å²) in [5, 5.41) is 3.20. The molecule has 8 heteroatoms. The van der Waals surface area contributed by atoms with Crippen molar-refractivity contribution in [2.45, 2.75) is 42.9 Å². The Hall–Kier alpha value is -2.58. The maximum atomic E-state index is 13.1. The number of rotatable bonds is 9. The number of methoxy groups -OCH3 is 1. The number of nitrogens with one attached hydrogen (secondary N) is 2. The molecule has 1 saturated carbocycles. The van der Waals surface area contributed by atoms with Crippen molar-refractivity contribution in [3.05, 3.63) is 47.5 Å². The van der Waals surface area contributed by atoms with Gasteiger partial charge < -0.3 is 14.8 Å². The minimum Gasteiger partial charge on any atom is -0.495 e. The van der Waals surface area contributed by atoms with Gasteiger partial charge in [-0.25, -0.2) is 8.42 Å². The molecule has 7 nitrogen and oxygen atoms in total. The number of anilines is 1. The molecule has 2 aromatic rings. The number of sulfonamides is 1. The molecule has 0 bridgehead atoms. The van der Waals surface area contributed by atoms with Gasteiger partial charge in [0.1, 0.15) is 28.8 Å². The van der Waals surface area contributed by atoms with E-state index in [4.69, 9.17) is 9.47 Å². The number of likely N-dealkylation sites (N-methyl/N-ethyl adjacent to an activating group) is 1. The maximum absolute atomic E-state index is 13.1. The van der Waals surface area contributed by atoms with E-state index in [0.717, 1.165) is 36.9 Å². The summed E-state index contributed by atoms with van der Waals surface area (Å²) in [5.41, 5.74) is 1.70. The maximum Gasteiger partial charge on any atom is 0.265 e. The number of hydrogen-bond acceptors (Lipinski definition) is 6. The second-order valence-corrected chi connectivity index (χ2v) is 9.65. The molecule has 31 heavy (non-hydrogen) atoms. The second-order valence-electron chi connectivity index (χ2n) is 7.99. The molecule has 166 valence electrons. The van der Waals surface area contributed by atoms with Gasteiger partial charge in [-0.15, -0.1) is 0 Å². The van der Waals surface area contributed by atoms with Crippen LogP contribution in [0.4, 0.5) is 5.69 Å². The van der Waals surface area contributed by atoms with Crippen molar-refractivity contribution in [1.29, 1.82) is 0 Å². The van der Waals surface area contributed by atoms with Crippen LogP contribution in [0.5, 0.6) is 11.5 Å². The van der Waals surface area contributed by atoms with Crippen molar-refractivity contribution in [2.75, 3.05) is 31.5 Å². The van der Waals surface area contributed by atoms with Crippen molar-refractivity contribution >= 4 is 21.5 Å². The molecule has 0 aromatic heterocycles. The monoisotopic (exact) mass is 444 g/mol. The summed E-state index contributed by atoms with van der Waals surface area (Å²) in [6.07, 6.45) is 2.95. The predicted octanol–water partition coefficient (Wildman–Crippen LogP) is 3.03. The summed E-state index contributed by atoms with van der Waals surface area (Å²) in [7, 11) is -2.45. The van der Waals surface area contributed by atoms with E-state index < -0.39 is 15.4 Å². The number of hydrogen-bond donors (Lipinski definition) is 2. The third kappa shape index (κ3) is 3.90. The van der Waals surface area contributed by atoms with Gasteiger partial charge in [0.25, 0.3) is 10.0 Å². The highest BCUT2D eigenvalue weighted by molar-refractivity contribution is 7.92. The minimum atomic E-state index is -3.89. The zero-order valence-corrected chi connectivity index (χ0v) is 18.7. The summed E-state index contributed by atoms with van der Waals surface area (Å²) in [6, 6.07) is 9.96. The molecule has 0 atom stereocenters. The van der Waals surface area contributed by atoms with Gasteiger partial charge in [0.15, 0.2) is 0 Å². The van der Waals surface area contributed by atoms with Crippen LogP contribution in [0.2, 0.25) is 0 Å². The fraction of sp³-hybridized carbons (Fsp3) is 0.435. The lowest BCUT2D eigenvalue weighted by Gasteiger charge is -2.37. The van der Waals surface area contributed by atoms with Gasteiger partial charge in [0, 0.05) is 24.6 Å². The molecule has 0 unspecified atom stereocenters. The molecule has 0 radical (unpaired) electrons. The zero-order chi connectivity index (χ0) is 22.1. The van der Waals surface area contributed by atoms with Crippen molar-refractivity contribution in [2.24, 2.45) is 0 Å². The molecule has 4 rings (SSSR count). The number of Topliss-reactive ketones (excluding diaryl/α,β-unsaturated/α-hetero) is 1. The van der Waals surface area contributed by atoms with E-state index in [9.17, 15) is 13.2 Å². The Morgan fingerprint density at radius 3 is 2.58 bits per heavy atom. The van der Waals surface area contributed by atoms with E-state index in [1.807, 2.05) is 13.0 Å². The van der Waals surface area contributed by atoms with Crippen LogP contribution in [0.1, 0.15) is 37.3 Å². The van der Waals surface area contributed by atoms with Crippen LogP contribution in [0.25, 0.3) is 0 Å². The van der Waals surface area contributed by atoms with E-state index >= 15 is 0 Å². The smallest absolute Gasteiger partial charge is 0.265 e. The lowest BCUT2D eigenvalue weighted by atomic mass is 9.64. The normalized spacial score (nSPS) is 16.6. The third-order valence-electron chi connectivity index (χ3n) is 6.20. The minimum absolute atomic E-state index is 0.0575. The van der Waals surface area contributed by atoms with E-state index in [1.165, 1.54) is 13.2 Å². The molecule has 2 aromatic carbocycles. The average Bonchev–Trinajstić information content (AvgIpc) is 3.03. The van der Waals surface area contributed by atoms with Crippen molar-refractivity contribution in [3.63, 3.8) is 0 Å². The van der Waals surface area contributed by atoms with Crippen LogP contribution in [-0.2, 0) is 26.7 Å². The lowest BCUT2D eigenvalue weighted by Crippen LogP contribution is -2.39. The molecule has 2 aliphatic rings. The summed E-state index contributed by atoms with van der Waals surface area (Å²) in [4.78, 5) is 12.9. The first kappa shape index (κ1) is 21.6. The predicted molar refractivity (Wildman–Crippen MR) is 119 cm³/mol. The average molecular weight is 445 g/mol. The third-order valence-corrected chi connectivity index (χ3v) is 7.62. The van der Waals surface area contributed by atoms with Gasteiger partial charge >= 0.3 is 0 Å². The van der Waals surface area contributed by atoms with Crippen molar-refractivity contribution in [3.8, 4) is 11.5 Å². The Morgan fingerprint density at radius 1 is 1.13 bits per heavy atom. The van der Waals surface area contributed by atoms with Gasteiger partial charge in [0.05, 0.1) is 18.2 Å². The van der Waals surface area contributed by atoms with Crippen LogP contribution in [-0.4, -0.2) is 41.0 Å². The van der Waals surface area contributed by atoms with Crippen LogP contribution in [0, 0.1) is 0 Å². The standard InChI is InChI=1S/C23H28N2O5S/c1-3-24-11-12-30-20-14-16(13-18-17(20)15-22(26)23(18)9-6-10-23)25-31(27,28)21-8-5-4-7-19(21)29-2/h4-5,7-8,13-14,24-25H,3,6,9-12,15H2,1-2H3. The van der Waals surface area contributed by atoms with E-state index in [0.29, 0.717) is 31.0 Å². The van der Waals surface area contributed by atoms with E-state index in [1.54, 1.807) is 24.3 Å². The van der Waals surface area contributed by atoms with Gasteiger partial charge in [-0.3, -0.25) is 9.52 Å².